The van der Waals surface area contributed by atoms with Crippen molar-refractivity contribution in [2.75, 3.05) is 19.0 Å². The van der Waals surface area contributed by atoms with Gasteiger partial charge >= 0.3 is 5.97 Å². The molecule has 0 saturated carbocycles. The van der Waals surface area contributed by atoms with E-state index in [4.69, 9.17) is 0 Å². The molecular formula is C25H25FN4O4. The second-order valence-electron chi connectivity index (χ2n) is 8.05. The number of hydrogen-bond acceptors (Lipinski definition) is 5. The highest BCUT2D eigenvalue weighted by Crippen LogP contribution is 2.27. The van der Waals surface area contributed by atoms with E-state index in [0.717, 1.165) is 42.5 Å². The summed E-state index contributed by atoms with van der Waals surface area (Å²) in [5.41, 5.74) is 4.30. The normalized spacial score (nSPS) is 12.5. The Morgan fingerprint density at radius 2 is 1.74 bits per heavy atom. The fourth-order valence-electron chi connectivity index (χ4n) is 3.96. The van der Waals surface area contributed by atoms with E-state index in [1.807, 2.05) is 0 Å². The fraction of sp³-hybridized carbons (Fsp3) is 0.280. The number of carbonyl (C=O) groups is 3. The number of hydrogen-bond donors (Lipinski definition) is 2. The highest BCUT2D eigenvalue weighted by molar-refractivity contribution is 6.04. The monoisotopic (exact) mass is 464 g/mol. The Kier molecular flexibility index (Phi) is 7.01. The summed E-state index contributed by atoms with van der Waals surface area (Å²) in [6.45, 7) is -0.182. The minimum atomic E-state index is -0.518. The van der Waals surface area contributed by atoms with Gasteiger partial charge in [-0.15, -0.1) is 0 Å². The van der Waals surface area contributed by atoms with Crippen LogP contribution in [-0.2, 0) is 33.6 Å². The highest BCUT2D eigenvalue weighted by atomic mass is 19.1. The predicted molar refractivity (Wildman–Crippen MR) is 123 cm³/mol. The van der Waals surface area contributed by atoms with Crippen molar-refractivity contribution in [1.29, 1.82) is 0 Å². The second-order valence-corrected chi connectivity index (χ2v) is 8.05. The lowest BCUT2D eigenvalue weighted by molar-refractivity contribution is -0.141. The molecule has 0 spiro atoms. The maximum atomic E-state index is 13.4. The van der Waals surface area contributed by atoms with Crippen molar-refractivity contribution in [1.82, 2.24) is 15.1 Å². The number of aromatic nitrogens is 2. The third kappa shape index (κ3) is 5.31. The number of benzene rings is 2. The minimum Gasteiger partial charge on any atom is -0.468 e. The number of anilines is 1. The van der Waals surface area contributed by atoms with Crippen LogP contribution in [0.15, 0.2) is 48.5 Å². The van der Waals surface area contributed by atoms with Crippen molar-refractivity contribution in [3.05, 3.63) is 76.9 Å². The van der Waals surface area contributed by atoms with Crippen LogP contribution in [-0.4, -0.2) is 41.2 Å². The van der Waals surface area contributed by atoms with Gasteiger partial charge in [-0.2, -0.15) is 5.10 Å². The van der Waals surface area contributed by atoms with Gasteiger partial charge in [-0.1, -0.05) is 12.1 Å². The Hall–Kier alpha value is -4.01. The van der Waals surface area contributed by atoms with Gasteiger partial charge in [0.15, 0.2) is 5.69 Å². The first-order valence-electron chi connectivity index (χ1n) is 11.0. The van der Waals surface area contributed by atoms with Gasteiger partial charge in [0.1, 0.15) is 12.4 Å². The van der Waals surface area contributed by atoms with Gasteiger partial charge in [0.05, 0.1) is 19.2 Å². The van der Waals surface area contributed by atoms with Crippen LogP contribution in [0.25, 0.3) is 5.69 Å². The summed E-state index contributed by atoms with van der Waals surface area (Å²) in [6, 6.07) is 13.0. The van der Waals surface area contributed by atoms with Crippen molar-refractivity contribution in [2.45, 2.75) is 32.1 Å². The number of carbonyl (C=O) groups excluding carboxylic acids is 3. The SMILES string of the molecule is COC(=O)CNC(=O)Cc1ccc(NC(=O)c2nn(-c3ccc(F)cc3)c3c2CCCC3)cc1. The highest BCUT2D eigenvalue weighted by Gasteiger charge is 2.25. The van der Waals surface area contributed by atoms with Crippen molar-refractivity contribution in [3.63, 3.8) is 0 Å². The van der Waals surface area contributed by atoms with Gasteiger partial charge < -0.3 is 15.4 Å². The van der Waals surface area contributed by atoms with E-state index >= 15 is 0 Å². The van der Waals surface area contributed by atoms with Crippen molar-refractivity contribution in [2.24, 2.45) is 0 Å². The van der Waals surface area contributed by atoms with Gasteiger partial charge in [-0.25, -0.2) is 9.07 Å². The molecule has 8 nitrogen and oxygen atoms in total. The van der Waals surface area contributed by atoms with Gasteiger partial charge in [-0.3, -0.25) is 14.4 Å². The maximum Gasteiger partial charge on any atom is 0.325 e. The lowest BCUT2D eigenvalue weighted by Crippen LogP contribution is -2.31. The summed E-state index contributed by atoms with van der Waals surface area (Å²) in [6.07, 6.45) is 3.66. The van der Waals surface area contributed by atoms with E-state index in [-0.39, 0.29) is 30.6 Å². The van der Waals surface area contributed by atoms with Crippen LogP contribution in [0.4, 0.5) is 10.1 Å². The first-order valence-corrected chi connectivity index (χ1v) is 11.0. The molecule has 1 aliphatic carbocycles. The molecule has 1 aromatic heterocycles. The van der Waals surface area contributed by atoms with Crippen molar-refractivity contribution < 1.29 is 23.5 Å². The van der Waals surface area contributed by atoms with E-state index in [9.17, 15) is 18.8 Å². The number of amides is 2. The summed E-state index contributed by atoms with van der Waals surface area (Å²) in [4.78, 5) is 36.1. The first kappa shape index (κ1) is 23.2. The zero-order valence-electron chi connectivity index (χ0n) is 18.8. The molecule has 176 valence electrons. The average molecular weight is 464 g/mol. The Bertz CT molecular complexity index is 1200. The molecule has 0 fully saturated rings. The van der Waals surface area contributed by atoms with Gasteiger partial charge in [0.25, 0.3) is 5.91 Å². The number of fused-ring (bicyclic) bond motifs is 1. The molecule has 0 radical (unpaired) electrons. The molecule has 3 aromatic rings. The second kappa shape index (κ2) is 10.3. The summed E-state index contributed by atoms with van der Waals surface area (Å²) < 4.78 is 19.6. The standard InChI is InChI=1S/C25H25FN4O4/c1-34-23(32)15-27-22(31)14-16-6-10-18(11-7-16)28-25(33)24-20-4-2-3-5-21(20)30(29-24)19-12-8-17(26)9-13-19/h6-13H,2-5,14-15H2,1H3,(H,27,31)(H,28,33). The summed E-state index contributed by atoms with van der Waals surface area (Å²) in [7, 11) is 1.25. The molecule has 4 rings (SSSR count). The van der Waals surface area contributed by atoms with Crippen LogP contribution in [0, 0.1) is 5.82 Å². The fourth-order valence-corrected chi connectivity index (χ4v) is 3.96. The zero-order chi connectivity index (χ0) is 24.1. The van der Waals surface area contributed by atoms with Crippen LogP contribution >= 0.6 is 0 Å². The van der Waals surface area contributed by atoms with E-state index in [0.29, 0.717) is 17.1 Å². The molecule has 1 aliphatic rings. The Morgan fingerprint density at radius 1 is 1.03 bits per heavy atom. The molecule has 2 aromatic carbocycles. The summed E-state index contributed by atoms with van der Waals surface area (Å²) >= 11 is 0. The molecule has 0 saturated heterocycles. The number of esters is 1. The van der Waals surface area contributed by atoms with Crippen LogP contribution in [0.3, 0.4) is 0 Å². The number of rotatable bonds is 7. The quantitative estimate of drug-likeness (QED) is 0.524. The molecule has 0 unspecified atom stereocenters. The Morgan fingerprint density at radius 3 is 2.44 bits per heavy atom. The Balaban J connectivity index is 1.46. The third-order valence-electron chi connectivity index (χ3n) is 5.70. The number of methoxy groups -OCH3 is 1. The largest absolute Gasteiger partial charge is 0.468 e. The summed E-state index contributed by atoms with van der Waals surface area (Å²) in [5.74, 6) is -1.47. The van der Waals surface area contributed by atoms with E-state index in [1.54, 1.807) is 41.1 Å². The molecule has 1 heterocycles. The minimum absolute atomic E-state index is 0.0980. The number of nitrogens with zero attached hydrogens (tertiary/aromatic N) is 2. The Labute approximate surface area is 196 Å². The van der Waals surface area contributed by atoms with Gasteiger partial charge in [0, 0.05) is 16.9 Å². The van der Waals surface area contributed by atoms with E-state index < -0.39 is 5.97 Å². The lowest BCUT2D eigenvalue weighted by Gasteiger charge is -2.14. The maximum absolute atomic E-state index is 13.4. The van der Waals surface area contributed by atoms with Gasteiger partial charge in [-0.05, 0) is 67.6 Å². The van der Waals surface area contributed by atoms with Crippen LogP contribution in [0.2, 0.25) is 0 Å². The smallest absolute Gasteiger partial charge is 0.325 e. The molecule has 2 N–H and O–H groups in total. The van der Waals surface area contributed by atoms with E-state index in [1.165, 1.54) is 19.2 Å². The van der Waals surface area contributed by atoms with Crippen LogP contribution < -0.4 is 10.6 Å². The molecule has 2 amide bonds. The van der Waals surface area contributed by atoms with Gasteiger partial charge in [0.2, 0.25) is 5.91 Å². The lowest BCUT2D eigenvalue weighted by atomic mass is 9.95. The third-order valence-corrected chi connectivity index (χ3v) is 5.70. The number of halogens is 1. The summed E-state index contributed by atoms with van der Waals surface area (Å²) in [5, 5.41) is 9.94. The zero-order valence-corrected chi connectivity index (χ0v) is 18.8. The molecule has 34 heavy (non-hydrogen) atoms. The number of nitrogens with one attached hydrogen (secondary N) is 2. The van der Waals surface area contributed by atoms with Crippen LogP contribution in [0.5, 0.6) is 0 Å². The topological polar surface area (TPSA) is 102 Å². The first-order chi connectivity index (χ1) is 16.4. The van der Waals surface area contributed by atoms with Crippen molar-refractivity contribution >= 4 is 23.5 Å². The predicted octanol–water partition coefficient (Wildman–Crippen LogP) is 2.97. The van der Waals surface area contributed by atoms with Crippen LogP contribution in [0.1, 0.15) is 40.2 Å². The molecule has 9 heteroatoms. The average Bonchev–Trinajstić information content (AvgIpc) is 3.24. The molecular weight excluding hydrogens is 439 g/mol. The molecule has 0 atom stereocenters. The molecule has 0 bridgehead atoms. The number of ether oxygens (including phenoxy) is 1. The molecule has 0 aliphatic heterocycles. The van der Waals surface area contributed by atoms with E-state index in [2.05, 4.69) is 20.5 Å². The van der Waals surface area contributed by atoms with Crippen molar-refractivity contribution in [3.8, 4) is 5.69 Å².